The van der Waals surface area contributed by atoms with E-state index in [9.17, 15) is 0 Å². The molecule has 0 aliphatic rings. The molecule has 0 rings (SSSR count). The van der Waals surface area contributed by atoms with Crippen molar-refractivity contribution in [3.8, 4) is 0 Å². The van der Waals surface area contributed by atoms with E-state index < -0.39 is 0 Å². The van der Waals surface area contributed by atoms with Crippen LogP contribution in [0.25, 0.3) is 0 Å². The van der Waals surface area contributed by atoms with Crippen LogP contribution in [0.4, 0.5) is 0 Å². The van der Waals surface area contributed by atoms with Gasteiger partial charge in [-0.25, -0.2) is 0 Å². The third kappa shape index (κ3) is 38.7. The van der Waals surface area contributed by atoms with Crippen LogP contribution < -0.4 is 0 Å². The van der Waals surface area contributed by atoms with E-state index in [1.165, 1.54) is 70.6 Å². The second kappa shape index (κ2) is 29.8. The molecular formula is C17H40. The molecule has 0 aromatic rings. The van der Waals surface area contributed by atoms with E-state index in [0.717, 1.165) is 0 Å². The van der Waals surface area contributed by atoms with Crippen molar-refractivity contribution in [2.45, 2.75) is 112 Å². The quantitative estimate of drug-likeness (QED) is 0.371. The Morgan fingerprint density at radius 3 is 0.706 bits per heavy atom. The highest BCUT2D eigenvalue weighted by atomic mass is 13.9. The maximum Gasteiger partial charge on any atom is -0.0533 e. The third-order valence-corrected chi connectivity index (χ3v) is 2.66. The Morgan fingerprint density at radius 2 is 0.529 bits per heavy atom. The fraction of sp³-hybridized carbons (Fsp3) is 1.00. The van der Waals surface area contributed by atoms with Crippen molar-refractivity contribution in [2.75, 3.05) is 0 Å². The van der Waals surface area contributed by atoms with Crippen molar-refractivity contribution >= 4 is 0 Å². The largest absolute Gasteiger partial charge is 0.0683 e. The van der Waals surface area contributed by atoms with Crippen LogP contribution in [0.15, 0.2) is 0 Å². The molecule has 0 radical (unpaired) electrons. The summed E-state index contributed by atoms with van der Waals surface area (Å²) in [6, 6.07) is 0. The highest BCUT2D eigenvalue weighted by Gasteiger charge is 1.83. The van der Waals surface area contributed by atoms with Crippen molar-refractivity contribution in [1.29, 1.82) is 0 Å². The lowest BCUT2D eigenvalue weighted by atomic mass is 10.1. The van der Waals surface area contributed by atoms with Crippen LogP contribution in [-0.4, -0.2) is 0 Å². The average Bonchev–Trinajstić information content (AvgIpc) is 2.39. The fourth-order valence-corrected chi connectivity index (χ4v) is 1.53. The normalized spacial score (nSPS) is 8.82. The Balaban J connectivity index is -0.000000202. The van der Waals surface area contributed by atoms with E-state index in [1.807, 2.05) is 13.8 Å². The lowest BCUT2D eigenvalue weighted by molar-refractivity contribution is 0.624. The predicted octanol–water partition coefficient (Wildman–Crippen LogP) is 7.37. The number of hydrogen-bond acceptors (Lipinski definition) is 0. The van der Waals surface area contributed by atoms with Gasteiger partial charge in [-0.1, -0.05) is 112 Å². The zero-order chi connectivity index (χ0) is 13.8. The standard InChI is InChI=1S/C8H18.C7H16.C2H6/c1-3-5-7-8-6-4-2;1-3-5-7-6-4-2;1-2/h3-8H2,1-2H3;3-7H2,1-2H3;1-2H3. The van der Waals surface area contributed by atoms with Gasteiger partial charge < -0.3 is 0 Å². The van der Waals surface area contributed by atoms with Gasteiger partial charge in [0.25, 0.3) is 0 Å². The minimum atomic E-state index is 1.36. The summed E-state index contributed by atoms with van der Waals surface area (Å²) in [5, 5.41) is 0. The Hall–Kier alpha value is 0. The fourth-order valence-electron chi connectivity index (χ4n) is 1.53. The Kier molecular flexibility index (Phi) is 38.9. The van der Waals surface area contributed by atoms with Crippen LogP contribution >= 0.6 is 0 Å². The molecule has 108 valence electrons. The van der Waals surface area contributed by atoms with Crippen LogP contribution in [-0.2, 0) is 0 Å². The molecule has 0 aliphatic heterocycles. The third-order valence-electron chi connectivity index (χ3n) is 2.66. The Labute approximate surface area is 113 Å². The topological polar surface area (TPSA) is 0 Å². The molecule has 0 heterocycles. The predicted molar refractivity (Wildman–Crippen MR) is 84.8 cm³/mol. The summed E-state index contributed by atoms with van der Waals surface area (Å²) in [4.78, 5) is 0. The highest BCUT2D eigenvalue weighted by molar-refractivity contribution is 4.39. The lowest BCUT2D eigenvalue weighted by Crippen LogP contribution is -1.73. The summed E-state index contributed by atoms with van der Waals surface area (Å²) in [5.41, 5.74) is 0. The number of hydrogen-bond donors (Lipinski definition) is 0. The smallest absolute Gasteiger partial charge is 0.0533 e. The van der Waals surface area contributed by atoms with Gasteiger partial charge in [0.2, 0.25) is 0 Å². The van der Waals surface area contributed by atoms with Gasteiger partial charge >= 0.3 is 0 Å². The van der Waals surface area contributed by atoms with Gasteiger partial charge in [0.05, 0.1) is 0 Å². The molecule has 0 aliphatic carbocycles. The van der Waals surface area contributed by atoms with E-state index in [4.69, 9.17) is 0 Å². The summed E-state index contributed by atoms with van der Waals surface area (Å²) in [7, 11) is 0. The molecule has 0 saturated carbocycles. The van der Waals surface area contributed by atoms with Gasteiger partial charge in [0, 0.05) is 0 Å². The van der Waals surface area contributed by atoms with E-state index in [0.29, 0.717) is 0 Å². The second-order valence-corrected chi connectivity index (χ2v) is 4.47. The second-order valence-electron chi connectivity index (χ2n) is 4.47. The van der Waals surface area contributed by atoms with E-state index in [1.54, 1.807) is 0 Å². The highest BCUT2D eigenvalue weighted by Crippen LogP contribution is 2.03. The van der Waals surface area contributed by atoms with Crippen molar-refractivity contribution in [1.82, 2.24) is 0 Å². The van der Waals surface area contributed by atoms with E-state index >= 15 is 0 Å². The summed E-state index contributed by atoms with van der Waals surface area (Å²) in [5.74, 6) is 0. The molecule has 0 bridgehead atoms. The maximum absolute atomic E-state index is 2.26. The summed E-state index contributed by atoms with van der Waals surface area (Å²) in [6.07, 6.45) is 15.5. The van der Waals surface area contributed by atoms with Crippen molar-refractivity contribution < 1.29 is 0 Å². The zero-order valence-electron chi connectivity index (χ0n) is 13.8. The van der Waals surface area contributed by atoms with E-state index in [2.05, 4.69) is 27.7 Å². The molecule has 0 amide bonds. The minimum Gasteiger partial charge on any atom is -0.0683 e. The molecule has 0 aromatic carbocycles. The molecule has 0 heteroatoms. The first-order valence-corrected chi connectivity index (χ1v) is 8.33. The Bertz CT molecular complexity index is 66.1. The molecule has 0 saturated heterocycles. The summed E-state index contributed by atoms with van der Waals surface area (Å²) < 4.78 is 0. The molecule has 0 nitrogen and oxygen atoms in total. The van der Waals surface area contributed by atoms with Crippen LogP contribution in [0.1, 0.15) is 112 Å². The van der Waals surface area contributed by atoms with E-state index in [-0.39, 0.29) is 0 Å². The van der Waals surface area contributed by atoms with Crippen LogP contribution in [0.2, 0.25) is 0 Å². The SMILES string of the molecule is CC.CCCCCCC.CCCCCCCC. The molecule has 17 heavy (non-hydrogen) atoms. The molecule has 0 unspecified atom stereocenters. The van der Waals surface area contributed by atoms with Crippen molar-refractivity contribution in [3.05, 3.63) is 0 Å². The van der Waals surface area contributed by atoms with Crippen LogP contribution in [0, 0.1) is 0 Å². The van der Waals surface area contributed by atoms with Gasteiger partial charge in [-0.2, -0.15) is 0 Å². The molecule has 0 aromatic heterocycles. The van der Waals surface area contributed by atoms with Gasteiger partial charge in [0.15, 0.2) is 0 Å². The number of unbranched alkanes of at least 4 members (excludes halogenated alkanes) is 9. The van der Waals surface area contributed by atoms with Gasteiger partial charge in [-0.15, -0.1) is 0 Å². The van der Waals surface area contributed by atoms with Crippen LogP contribution in [0.5, 0.6) is 0 Å². The molecule has 0 spiro atoms. The monoisotopic (exact) mass is 244 g/mol. The van der Waals surface area contributed by atoms with Crippen molar-refractivity contribution in [2.24, 2.45) is 0 Å². The van der Waals surface area contributed by atoms with Gasteiger partial charge in [-0.3, -0.25) is 0 Å². The zero-order valence-corrected chi connectivity index (χ0v) is 13.8. The average molecular weight is 245 g/mol. The molecular weight excluding hydrogens is 204 g/mol. The first kappa shape index (κ1) is 22.2. The first-order chi connectivity index (χ1) is 8.33. The minimum absolute atomic E-state index is 1.36. The molecule has 0 atom stereocenters. The summed E-state index contributed by atoms with van der Waals surface area (Å²) in [6.45, 7) is 13.0. The first-order valence-electron chi connectivity index (χ1n) is 8.33. The van der Waals surface area contributed by atoms with Crippen LogP contribution in [0.3, 0.4) is 0 Å². The Morgan fingerprint density at radius 1 is 0.353 bits per heavy atom. The molecule has 0 N–H and O–H groups in total. The number of rotatable bonds is 9. The summed E-state index contributed by atoms with van der Waals surface area (Å²) >= 11 is 0. The van der Waals surface area contributed by atoms with Gasteiger partial charge in [0.1, 0.15) is 0 Å². The van der Waals surface area contributed by atoms with Crippen molar-refractivity contribution in [3.63, 3.8) is 0 Å². The van der Waals surface area contributed by atoms with Gasteiger partial charge in [-0.05, 0) is 0 Å². The molecule has 0 fully saturated rings. The lowest BCUT2D eigenvalue weighted by Gasteiger charge is -1.93. The maximum atomic E-state index is 2.26.